The van der Waals surface area contributed by atoms with Crippen molar-refractivity contribution in [3.63, 3.8) is 0 Å². The average molecular weight is 476 g/mol. The number of fused-ring (bicyclic) bond motifs is 1. The van der Waals surface area contributed by atoms with Crippen LogP contribution in [0.25, 0.3) is 0 Å². The number of phenolic OH excluding ortho intramolecular Hbond substituents is 1. The molecular formula is C21H28N6O7. The second-order valence-electron chi connectivity index (χ2n) is 7.99. The Labute approximate surface area is 195 Å². The van der Waals surface area contributed by atoms with E-state index in [0.29, 0.717) is 11.5 Å². The topological polar surface area (TPSA) is 188 Å². The fourth-order valence-corrected chi connectivity index (χ4v) is 3.91. The molecule has 2 aromatic rings. The monoisotopic (exact) mass is 476 g/mol. The van der Waals surface area contributed by atoms with Crippen LogP contribution in [0.1, 0.15) is 30.6 Å². The molecule has 1 aromatic heterocycles. The molecule has 6 atom stereocenters. The Balaban J connectivity index is 1.52. The first-order valence-corrected chi connectivity index (χ1v) is 10.8. The molecule has 3 heterocycles. The number of rotatable bonds is 8. The van der Waals surface area contributed by atoms with Crippen LogP contribution in [0.2, 0.25) is 0 Å². The van der Waals surface area contributed by atoms with E-state index in [1.165, 1.54) is 34.4 Å². The molecule has 1 aromatic carbocycles. The minimum Gasteiger partial charge on any atom is -0.508 e. The van der Waals surface area contributed by atoms with Gasteiger partial charge in [0.15, 0.2) is 12.0 Å². The van der Waals surface area contributed by atoms with Gasteiger partial charge in [0.25, 0.3) is 0 Å². The lowest BCUT2D eigenvalue weighted by atomic mass is 10.1. The van der Waals surface area contributed by atoms with Crippen LogP contribution in [0.5, 0.6) is 5.75 Å². The lowest BCUT2D eigenvalue weighted by Gasteiger charge is -2.32. The number of carbonyl (C=O) groups excluding carboxylic acids is 1. The van der Waals surface area contributed by atoms with Crippen molar-refractivity contribution in [1.82, 2.24) is 20.0 Å². The summed E-state index contributed by atoms with van der Waals surface area (Å²) in [4.78, 5) is 21.2. The van der Waals surface area contributed by atoms with Gasteiger partial charge >= 0.3 is 5.97 Å². The van der Waals surface area contributed by atoms with Crippen LogP contribution in [0, 0.1) is 0 Å². The smallest absolute Gasteiger partial charge is 0.325 e. The van der Waals surface area contributed by atoms with Crippen LogP contribution in [-0.4, -0.2) is 84.9 Å². The van der Waals surface area contributed by atoms with Gasteiger partial charge in [-0.15, -0.1) is 0 Å². The number of phenols is 1. The second-order valence-corrected chi connectivity index (χ2v) is 7.99. The van der Waals surface area contributed by atoms with Gasteiger partial charge in [-0.1, -0.05) is 12.1 Å². The summed E-state index contributed by atoms with van der Waals surface area (Å²) in [6, 6.07) is 5.67. The zero-order valence-electron chi connectivity index (χ0n) is 18.4. The molecule has 0 bridgehead atoms. The maximum Gasteiger partial charge on any atom is 0.325 e. The second kappa shape index (κ2) is 10.0. The molecular weight excluding hydrogens is 448 g/mol. The summed E-state index contributed by atoms with van der Waals surface area (Å²) in [5.74, 6) is -0.0579. The molecule has 0 radical (unpaired) electrons. The van der Waals surface area contributed by atoms with Crippen LogP contribution in [-0.2, 0) is 20.7 Å². The maximum absolute atomic E-state index is 12.6. The largest absolute Gasteiger partial charge is 0.508 e. The van der Waals surface area contributed by atoms with Crippen molar-refractivity contribution < 1.29 is 34.7 Å². The van der Waals surface area contributed by atoms with Gasteiger partial charge in [0.05, 0.1) is 19.5 Å². The number of benzene rings is 1. The molecule has 34 heavy (non-hydrogen) atoms. The third kappa shape index (κ3) is 4.61. The molecule has 2 aliphatic rings. The number of nitrogens with zero attached hydrogens (tertiary/aromatic N) is 4. The summed E-state index contributed by atoms with van der Waals surface area (Å²) >= 11 is 0. The summed E-state index contributed by atoms with van der Waals surface area (Å²) in [7, 11) is 0. The molecule has 1 fully saturated rings. The van der Waals surface area contributed by atoms with Crippen molar-refractivity contribution >= 4 is 18.1 Å². The lowest BCUT2D eigenvalue weighted by molar-refractivity contribution is -0.147. The molecule has 4 rings (SSSR count). The number of aliphatic imine (C=N–C) groups is 1. The van der Waals surface area contributed by atoms with Gasteiger partial charge in [0, 0.05) is 6.42 Å². The highest BCUT2D eigenvalue weighted by Crippen LogP contribution is 2.36. The third-order valence-corrected chi connectivity index (χ3v) is 5.72. The van der Waals surface area contributed by atoms with Crippen LogP contribution < -0.4 is 11.2 Å². The van der Waals surface area contributed by atoms with E-state index in [2.05, 4.69) is 15.4 Å². The number of esters is 1. The van der Waals surface area contributed by atoms with Gasteiger partial charge < -0.3 is 35.6 Å². The average Bonchev–Trinajstić information content (AvgIpc) is 3.38. The molecule has 184 valence electrons. The van der Waals surface area contributed by atoms with E-state index in [9.17, 15) is 25.2 Å². The number of aromatic hydroxyl groups is 1. The Hall–Kier alpha value is -3.07. The summed E-state index contributed by atoms with van der Waals surface area (Å²) < 4.78 is 12.2. The zero-order chi connectivity index (χ0) is 24.4. The molecule has 3 unspecified atom stereocenters. The molecule has 0 saturated carbocycles. The first-order valence-electron chi connectivity index (χ1n) is 10.8. The summed E-state index contributed by atoms with van der Waals surface area (Å²) in [6.45, 7) is 1.45. The Morgan fingerprint density at radius 1 is 1.29 bits per heavy atom. The van der Waals surface area contributed by atoms with E-state index in [1.807, 2.05) is 0 Å². The van der Waals surface area contributed by atoms with Gasteiger partial charge in [-0.25, -0.2) is 15.4 Å². The van der Waals surface area contributed by atoms with Crippen LogP contribution in [0.3, 0.4) is 0 Å². The Bertz CT molecular complexity index is 1030. The minimum atomic E-state index is -1.29. The minimum absolute atomic E-state index is 0.117. The number of aromatic nitrogens is 2. The number of nitrogens with one attached hydrogen (secondary N) is 1. The van der Waals surface area contributed by atoms with Crippen LogP contribution >= 0.6 is 0 Å². The highest BCUT2D eigenvalue weighted by molar-refractivity contribution is 5.76. The molecule has 7 N–H and O–H groups in total. The van der Waals surface area contributed by atoms with E-state index >= 15 is 0 Å². The molecule has 0 amide bonds. The molecule has 0 spiro atoms. The SMILES string of the molecule is CCOC(=O)[C@@H](Cc1ccc(O)cc1)NN1C=Nc2c(ncn2[C@H]2O[C@@H](CO)C(O)C2O)C1N. The van der Waals surface area contributed by atoms with E-state index in [0.717, 1.165) is 5.56 Å². The van der Waals surface area contributed by atoms with Crippen molar-refractivity contribution in [2.75, 3.05) is 13.2 Å². The summed E-state index contributed by atoms with van der Waals surface area (Å²) in [5, 5.41) is 40.6. The van der Waals surface area contributed by atoms with Gasteiger partial charge in [0.1, 0.15) is 48.3 Å². The number of aliphatic hydroxyl groups is 3. The van der Waals surface area contributed by atoms with Crippen LogP contribution in [0.4, 0.5) is 5.82 Å². The van der Waals surface area contributed by atoms with E-state index in [-0.39, 0.29) is 18.8 Å². The van der Waals surface area contributed by atoms with E-state index in [4.69, 9.17) is 15.2 Å². The predicted octanol–water partition coefficient (Wildman–Crippen LogP) is -1.19. The number of carbonyl (C=O) groups is 1. The fourth-order valence-electron chi connectivity index (χ4n) is 3.91. The third-order valence-electron chi connectivity index (χ3n) is 5.72. The maximum atomic E-state index is 12.6. The van der Waals surface area contributed by atoms with Crippen LogP contribution in [0.15, 0.2) is 35.6 Å². The number of hydrogen-bond acceptors (Lipinski definition) is 12. The standard InChI is InChI=1S/C21H28N6O7/c1-2-33-21(32)13(7-11-3-5-12(29)6-4-11)25-27-10-24-19-15(18(27)22)23-9-26(19)20-17(31)16(30)14(8-28)34-20/h3-6,9-10,13-14,16-18,20,25,28-31H,2,7-8,22H2,1H3/t13-,14+,16?,17?,18?,20+/m1/s1. The fraction of sp³-hybridized carbons (Fsp3) is 0.476. The number of hydrogen-bond donors (Lipinski definition) is 6. The quantitative estimate of drug-likeness (QED) is 0.251. The highest BCUT2D eigenvalue weighted by atomic mass is 16.6. The normalized spacial score (nSPS) is 27.0. The molecule has 2 aliphatic heterocycles. The Morgan fingerprint density at radius 3 is 2.68 bits per heavy atom. The van der Waals surface area contributed by atoms with Crippen molar-refractivity contribution in [2.45, 2.75) is 50.1 Å². The van der Waals surface area contributed by atoms with Gasteiger partial charge in [-0.2, -0.15) is 0 Å². The number of ether oxygens (including phenoxy) is 2. The summed E-state index contributed by atoms with van der Waals surface area (Å²) in [5.41, 5.74) is 10.5. The number of hydrazine groups is 1. The zero-order valence-corrected chi connectivity index (χ0v) is 18.4. The number of nitrogens with two attached hydrogens (primary N) is 1. The van der Waals surface area contributed by atoms with E-state index in [1.54, 1.807) is 19.1 Å². The summed E-state index contributed by atoms with van der Waals surface area (Å²) in [6.07, 6.45) is -2.32. The first-order chi connectivity index (χ1) is 16.3. The Kier molecular flexibility index (Phi) is 7.11. The molecule has 0 aliphatic carbocycles. The first kappa shape index (κ1) is 24.1. The molecule has 13 nitrogen and oxygen atoms in total. The van der Waals surface area contributed by atoms with Crippen molar-refractivity contribution in [2.24, 2.45) is 10.7 Å². The number of imidazole rings is 1. The lowest BCUT2D eigenvalue weighted by Crippen LogP contribution is -2.53. The number of aliphatic hydroxyl groups excluding tert-OH is 3. The highest BCUT2D eigenvalue weighted by Gasteiger charge is 2.45. The van der Waals surface area contributed by atoms with Crippen molar-refractivity contribution in [3.05, 3.63) is 41.9 Å². The van der Waals surface area contributed by atoms with Gasteiger partial charge in [-0.3, -0.25) is 14.4 Å². The predicted molar refractivity (Wildman–Crippen MR) is 118 cm³/mol. The Morgan fingerprint density at radius 2 is 2.03 bits per heavy atom. The molecule has 1 saturated heterocycles. The molecule has 13 heteroatoms. The van der Waals surface area contributed by atoms with Crippen molar-refractivity contribution in [3.8, 4) is 5.75 Å². The van der Waals surface area contributed by atoms with Gasteiger partial charge in [0.2, 0.25) is 0 Å². The van der Waals surface area contributed by atoms with Gasteiger partial charge in [-0.05, 0) is 24.6 Å². The van der Waals surface area contributed by atoms with Crippen molar-refractivity contribution in [1.29, 1.82) is 0 Å². The van der Waals surface area contributed by atoms with E-state index < -0.39 is 49.3 Å².